The molecular weight excluding hydrogens is 172 g/mol. The summed E-state index contributed by atoms with van der Waals surface area (Å²) in [4.78, 5) is 0. The van der Waals surface area contributed by atoms with E-state index in [1.807, 2.05) is 0 Å². The zero-order valence-electron chi connectivity index (χ0n) is 5.91. The molecule has 0 aliphatic carbocycles. The van der Waals surface area contributed by atoms with Crippen LogP contribution in [0, 0.1) is 0 Å². The van der Waals surface area contributed by atoms with Crippen molar-refractivity contribution in [2.45, 2.75) is 19.8 Å². The summed E-state index contributed by atoms with van der Waals surface area (Å²) in [6.07, 6.45) is 2.28. The van der Waals surface area contributed by atoms with Gasteiger partial charge in [-0.1, -0.05) is 13.3 Å². The third-order valence-electron chi connectivity index (χ3n) is 0.874. The Morgan fingerprint density at radius 3 is 2.90 bits per heavy atom. The van der Waals surface area contributed by atoms with Crippen LogP contribution >= 0.6 is 11.8 Å². The van der Waals surface area contributed by atoms with E-state index in [0.717, 1.165) is 18.6 Å². The van der Waals surface area contributed by atoms with Crippen molar-refractivity contribution in [3.8, 4) is 0 Å². The van der Waals surface area contributed by atoms with Gasteiger partial charge in [0.1, 0.15) is 5.94 Å². The summed E-state index contributed by atoms with van der Waals surface area (Å²) in [6, 6.07) is 0. The molecule has 1 atom stereocenters. The Balaban J connectivity index is 2.84. The second kappa shape index (κ2) is 7.53. The van der Waals surface area contributed by atoms with Gasteiger partial charge in [-0.2, -0.15) is 4.21 Å². The number of hydrogen-bond donors (Lipinski definition) is 1. The van der Waals surface area contributed by atoms with E-state index >= 15 is 0 Å². The molecule has 3 nitrogen and oxygen atoms in total. The first-order valence-electron chi connectivity index (χ1n) is 3.09. The Hall–Kier alpha value is 0.420. The summed E-state index contributed by atoms with van der Waals surface area (Å²) in [5, 5.41) is 0. The Bertz CT molecular complexity index is 96.9. The molecule has 0 heterocycles. The van der Waals surface area contributed by atoms with Crippen molar-refractivity contribution in [2.24, 2.45) is 0 Å². The van der Waals surface area contributed by atoms with E-state index in [1.54, 1.807) is 0 Å². The van der Waals surface area contributed by atoms with Gasteiger partial charge < -0.3 is 0 Å². The molecule has 1 unspecified atom stereocenters. The summed E-state index contributed by atoms with van der Waals surface area (Å²) < 4.78 is 22.4. The van der Waals surface area contributed by atoms with Crippen molar-refractivity contribution >= 4 is 23.1 Å². The van der Waals surface area contributed by atoms with Gasteiger partial charge in [0.25, 0.3) is 0 Å². The van der Waals surface area contributed by atoms with E-state index < -0.39 is 11.4 Å². The number of thioether (sulfide) groups is 1. The summed E-state index contributed by atoms with van der Waals surface area (Å²) in [5.74, 6) is 1.30. The van der Waals surface area contributed by atoms with Gasteiger partial charge in [-0.3, -0.25) is 8.74 Å². The molecule has 0 aliphatic heterocycles. The molecule has 10 heavy (non-hydrogen) atoms. The minimum Gasteiger partial charge on any atom is -0.284 e. The highest BCUT2D eigenvalue weighted by Gasteiger charge is 1.92. The van der Waals surface area contributed by atoms with Crippen molar-refractivity contribution in [2.75, 3.05) is 11.7 Å². The van der Waals surface area contributed by atoms with Gasteiger partial charge in [-0.25, -0.2) is 0 Å². The summed E-state index contributed by atoms with van der Waals surface area (Å²) in [5.41, 5.74) is 0. The van der Waals surface area contributed by atoms with E-state index in [4.69, 9.17) is 4.55 Å². The Kier molecular flexibility index (Phi) is 7.84. The maximum atomic E-state index is 9.91. The molecule has 0 aromatic heterocycles. The van der Waals surface area contributed by atoms with Crippen LogP contribution in [0.1, 0.15) is 19.8 Å². The highest BCUT2D eigenvalue weighted by molar-refractivity contribution is 7.99. The fourth-order valence-electron chi connectivity index (χ4n) is 0.381. The minimum atomic E-state index is -2.09. The van der Waals surface area contributed by atoms with E-state index in [1.165, 1.54) is 11.8 Å². The first-order chi connectivity index (χ1) is 4.77. The second-order valence-electron chi connectivity index (χ2n) is 1.71. The fraction of sp³-hybridized carbons (Fsp3) is 1.00. The largest absolute Gasteiger partial charge is 0.302 e. The van der Waals surface area contributed by atoms with Crippen molar-refractivity contribution in [3.05, 3.63) is 0 Å². The maximum Gasteiger partial charge on any atom is 0.302 e. The lowest BCUT2D eigenvalue weighted by Crippen LogP contribution is -1.94. The molecule has 0 aliphatic rings. The predicted molar refractivity (Wildman–Crippen MR) is 44.1 cm³/mol. The van der Waals surface area contributed by atoms with Crippen LogP contribution in [0.4, 0.5) is 0 Å². The third kappa shape index (κ3) is 8.42. The maximum absolute atomic E-state index is 9.91. The SMILES string of the molecule is CCCCSCOS(=O)O. The molecule has 0 bridgehead atoms. The lowest BCUT2D eigenvalue weighted by atomic mass is 10.4. The molecule has 0 rings (SSSR count). The van der Waals surface area contributed by atoms with Crippen LogP contribution in [0.5, 0.6) is 0 Å². The van der Waals surface area contributed by atoms with Gasteiger partial charge in [0.15, 0.2) is 0 Å². The zero-order chi connectivity index (χ0) is 7.82. The van der Waals surface area contributed by atoms with Gasteiger partial charge in [0.05, 0.1) is 0 Å². The topological polar surface area (TPSA) is 46.5 Å². The molecule has 0 aromatic carbocycles. The zero-order valence-corrected chi connectivity index (χ0v) is 7.54. The molecular formula is C5H12O3S2. The molecule has 5 heteroatoms. The lowest BCUT2D eigenvalue weighted by molar-refractivity contribution is 0.364. The van der Waals surface area contributed by atoms with Gasteiger partial charge in [-0.15, -0.1) is 11.8 Å². The smallest absolute Gasteiger partial charge is 0.284 e. The van der Waals surface area contributed by atoms with Crippen LogP contribution in [0.25, 0.3) is 0 Å². The predicted octanol–water partition coefficient (Wildman–Crippen LogP) is 1.63. The van der Waals surface area contributed by atoms with Crippen LogP contribution in [0.2, 0.25) is 0 Å². The Labute approximate surface area is 68.0 Å². The van der Waals surface area contributed by atoms with Crippen LogP contribution in [0.3, 0.4) is 0 Å². The third-order valence-corrected chi connectivity index (χ3v) is 2.21. The first kappa shape index (κ1) is 10.4. The van der Waals surface area contributed by atoms with Gasteiger partial charge in [0.2, 0.25) is 0 Å². The molecule has 1 N–H and O–H groups in total. The molecule has 0 amide bonds. The van der Waals surface area contributed by atoms with Crippen LogP contribution in [0.15, 0.2) is 0 Å². The highest BCUT2D eigenvalue weighted by atomic mass is 32.2. The standard InChI is InChI=1S/C5H12O3S2/c1-2-3-4-9-5-8-10(6)7/h2-5H2,1H3,(H,6,7). The van der Waals surface area contributed by atoms with Gasteiger partial charge in [0, 0.05) is 0 Å². The summed E-state index contributed by atoms with van der Waals surface area (Å²) >= 11 is -0.561. The van der Waals surface area contributed by atoms with E-state index in [0.29, 0.717) is 5.94 Å². The monoisotopic (exact) mass is 184 g/mol. The van der Waals surface area contributed by atoms with E-state index in [2.05, 4.69) is 11.1 Å². The quantitative estimate of drug-likeness (QED) is 0.387. The van der Waals surface area contributed by atoms with Crippen LogP contribution in [-0.2, 0) is 15.5 Å². The van der Waals surface area contributed by atoms with Gasteiger partial charge >= 0.3 is 11.4 Å². The van der Waals surface area contributed by atoms with Crippen molar-refractivity contribution in [1.29, 1.82) is 0 Å². The first-order valence-corrected chi connectivity index (χ1v) is 5.28. The molecule has 0 spiro atoms. The van der Waals surface area contributed by atoms with Crippen LogP contribution < -0.4 is 0 Å². The average molecular weight is 184 g/mol. The van der Waals surface area contributed by atoms with Crippen molar-refractivity contribution < 1.29 is 12.9 Å². The molecule has 0 fully saturated rings. The Morgan fingerprint density at radius 1 is 1.70 bits per heavy atom. The van der Waals surface area contributed by atoms with Crippen LogP contribution in [-0.4, -0.2) is 20.5 Å². The molecule has 0 radical (unpaired) electrons. The highest BCUT2D eigenvalue weighted by Crippen LogP contribution is 2.04. The molecule has 0 saturated heterocycles. The molecule has 0 aromatic rings. The van der Waals surface area contributed by atoms with Crippen molar-refractivity contribution in [1.82, 2.24) is 0 Å². The fourth-order valence-corrected chi connectivity index (χ4v) is 1.59. The van der Waals surface area contributed by atoms with Gasteiger partial charge in [-0.05, 0) is 12.2 Å². The summed E-state index contributed by atoms with van der Waals surface area (Å²) in [7, 11) is 0. The number of rotatable bonds is 6. The van der Waals surface area contributed by atoms with Crippen molar-refractivity contribution in [3.63, 3.8) is 0 Å². The normalized spacial score (nSPS) is 13.4. The second-order valence-corrected chi connectivity index (χ2v) is 3.44. The minimum absolute atomic E-state index is 0.309. The number of hydrogen-bond acceptors (Lipinski definition) is 3. The average Bonchev–Trinajstić information content (AvgIpc) is 1.87. The molecule has 0 saturated carbocycles. The number of unbranched alkanes of at least 4 members (excludes halogenated alkanes) is 1. The lowest BCUT2D eigenvalue weighted by Gasteiger charge is -1.96. The molecule has 62 valence electrons. The van der Waals surface area contributed by atoms with E-state index in [-0.39, 0.29) is 0 Å². The summed E-state index contributed by atoms with van der Waals surface area (Å²) in [6.45, 7) is 2.10. The Morgan fingerprint density at radius 2 is 2.40 bits per heavy atom. The van der Waals surface area contributed by atoms with E-state index in [9.17, 15) is 4.21 Å².